The van der Waals surface area contributed by atoms with Gasteiger partial charge in [0.25, 0.3) is 0 Å². The fraction of sp³-hybridized carbons (Fsp3) is 0.727. The minimum absolute atomic E-state index is 0. The molecule has 0 atom stereocenters. The second kappa shape index (κ2) is 6.23. The molecule has 0 aliphatic carbocycles. The summed E-state index contributed by atoms with van der Waals surface area (Å²) >= 11 is 0. The molecule has 1 fully saturated rings. The fourth-order valence-electron chi connectivity index (χ4n) is 2.06. The summed E-state index contributed by atoms with van der Waals surface area (Å²) in [5.74, 6) is 0.975. The molecule has 5 heteroatoms. The standard InChI is InChI=1S/C11H19N3O.ClH/c1-9-11(10(2)15-13-9)3-6-14-7-4-12-5-8-14;/h12H,3-8H2,1-2H3;1H. The molecule has 1 aliphatic heterocycles. The first-order valence-corrected chi connectivity index (χ1v) is 5.62. The molecule has 0 saturated carbocycles. The SMILES string of the molecule is Cc1noc(C)c1CCN1CCNCC1.Cl. The van der Waals surface area contributed by atoms with Crippen LogP contribution in [0.1, 0.15) is 17.0 Å². The maximum absolute atomic E-state index is 5.15. The summed E-state index contributed by atoms with van der Waals surface area (Å²) in [6.07, 6.45) is 1.06. The van der Waals surface area contributed by atoms with Crippen LogP contribution in [-0.2, 0) is 6.42 Å². The average Bonchev–Trinajstić information content (AvgIpc) is 2.58. The first-order chi connectivity index (χ1) is 7.27. The molecule has 1 saturated heterocycles. The van der Waals surface area contributed by atoms with Crippen molar-refractivity contribution in [2.45, 2.75) is 20.3 Å². The predicted octanol–water partition coefficient (Wildman–Crippen LogP) is 1.16. The minimum Gasteiger partial charge on any atom is -0.361 e. The van der Waals surface area contributed by atoms with E-state index in [9.17, 15) is 0 Å². The molecule has 16 heavy (non-hydrogen) atoms. The molecule has 2 heterocycles. The summed E-state index contributed by atoms with van der Waals surface area (Å²) in [5.41, 5.74) is 2.33. The summed E-state index contributed by atoms with van der Waals surface area (Å²) in [7, 11) is 0. The van der Waals surface area contributed by atoms with Crippen LogP contribution in [0.3, 0.4) is 0 Å². The number of rotatable bonds is 3. The first kappa shape index (κ1) is 13.5. The highest BCUT2D eigenvalue weighted by molar-refractivity contribution is 5.85. The van der Waals surface area contributed by atoms with E-state index in [0.29, 0.717) is 0 Å². The Kier molecular flexibility index (Phi) is 5.25. The maximum atomic E-state index is 5.15. The smallest absolute Gasteiger partial charge is 0.137 e. The van der Waals surface area contributed by atoms with Gasteiger partial charge in [-0.25, -0.2) is 0 Å². The summed E-state index contributed by atoms with van der Waals surface area (Å²) in [6, 6.07) is 0. The second-order valence-electron chi connectivity index (χ2n) is 4.14. The van der Waals surface area contributed by atoms with Gasteiger partial charge in [0.2, 0.25) is 0 Å². The molecule has 1 N–H and O–H groups in total. The number of piperazine rings is 1. The lowest BCUT2D eigenvalue weighted by Crippen LogP contribution is -2.44. The van der Waals surface area contributed by atoms with E-state index in [1.165, 1.54) is 5.56 Å². The van der Waals surface area contributed by atoms with Crippen molar-refractivity contribution in [3.63, 3.8) is 0 Å². The quantitative estimate of drug-likeness (QED) is 0.868. The van der Waals surface area contributed by atoms with Crippen molar-refractivity contribution in [2.75, 3.05) is 32.7 Å². The normalized spacial score (nSPS) is 17.1. The van der Waals surface area contributed by atoms with Gasteiger partial charge in [-0.3, -0.25) is 0 Å². The molecule has 2 rings (SSSR count). The summed E-state index contributed by atoms with van der Waals surface area (Å²) < 4.78 is 5.15. The first-order valence-electron chi connectivity index (χ1n) is 5.62. The van der Waals surface area contributed by atoms with Gasteiger partial charge in [-0.1, -0.05) is 5.16 Å². The molecular weight excluding hydrogens is 226 g/mol. The van der Waals surface area contributed by atoms with Crippen LogP contribution in [0.25, 0.3) is 0 Å². The van der Waals surface area contributed by atoms with Crippen LogP contribution in [-0.4, -0.2) is 42.8 Å². The lowest BCUT2D eigenvalue weighted by molar-refractivity contribution is 0.243. The molecule has 92 valence electrons. The van der Waals surface area contributed by atoms with Gasteiger partial charge in [-0.2, -0.15) is 0 Å². The number of aromatic nitrogens is 1. The molecule has 0 amide bonds. The van der Waals surface area contributed by atoms with Gasteiger partial charge in [0.1, 0.15) is 5.76 Å². The second-order valence-corrected chi connectivity index (χ2v) is 4.14. The van der Waals surface area contributed by atoms with E-state index < -0.39 is 0 Å². The number of nitrogens with zero attached hydrogens (tertiary/aromatic N) is 2. The van der Waals surface area contributed by atoms with Crippen molar-refractivity contribution >= 4 is 12.4 Å². The largest absolute Gasteiger partial charge is 0.361 e. The molecule has 0 bridgehead atoms. The van der Waals surface area contributed by atoms with E-state index in [1.54, 1.807) is 0 Å². The van der Waals surface area contributed by atoms with E-state index in [4.69, 9.17) is 4.52 Å². The highest BCUT2D eigenvalue weighted by Gasteiger charge is 2.13. The number of aryl methyl sites for hydroxylation is 2. The van der Waals surface area contributed by atoms with E-state index >= 15 is 0 Å². The van der Waals surface area contributed by atoms with Crippen LogP contribution < -0.4 is 5.32 Å². The van der Waals surface area contributed by atoms with Crippen molar-refractivity contribution in [1.29, 1.82) is 0 Å². The third-order valence-corrected chi connectivity index (χ3v) is 3.07. The summed E-state index contributed by atoms with van der Waals surface area (Å²) in [5, 5.41) is 7.33. The van der Waals surface area contributed by atoms with Crippen LogP contribution in [0.5, 0.6) is 0 Å². The van der Waals surface area contributed by atoms with Crippen LogP contribution in [0.4, 0.5) is 0 Å². The van der Waals surface area contributed by atoms with Crippen molar-refractivity contribution in [3.8, 4) is 0 Å². The summed E-state index contributed by atoms with van der Waals surface area (Å²) in [4.78, 5) is 2.49. The van der Waals surface area contributed by atoms with Gasteiger partial charge in [0, 0.05) is 38.3 Å². The molecule has 1 aromatic heterocycles. The maximum Gasteiger partial charge on any atom is 0.137 e. The Morgan fingerprint density at radius 2 is 2.00 bits per heavy atom. The predicted molar refractivity (Wildman–Crippen MR) is 66.2 cm³/mol. The van der Waals surface area contributed by atoms with Crippen LogP contribution in [0, 0.1) is 13.8 Å². The molecule has 0 spiro atoms. The van der Waals surface area contributed by atoms with Gasteiger partial charge in [-0.15, -0.1) is 12.4 Å². The zero-order valence-electron chi connectivity index (χ0n) is 9.95. The topological polar surface area (TPSA) is 41.3 Å². The summed E-state index contributed by atoms with van der Waals surface area (Å²) in [6.45, 7) is 9.66. The lowest BCUT2D eigenvalue weighted by atomic mass is 10.1. The highest BCUT2D eigenvalue weighted by Crippen LogP contribution is 2.13. The van der Waals surface area contributed by atoms with Gasteiger partial charge < -0.3 is 14.7 Å². The Morgan fingerprint density at radius 3 is 2.56 bits per heavy atom. The monoisotopic (exact) mass is 245 g/mol. The zero-order valence-corrected chi connectivity index (χ0v) is 10.8. The van der Waals surface area contributed by atoms with Crippen LogP contribution in [0.15, 0.2) is 4.52 Å². The number of nitrogens with one attached hydrogen (secondary N) is 1. The van der Waals surface area contributed by atoms with Crippen molar-refractivity contribution in [3.05, 3.63) is 17.0 Å². The number of hydrogen-bond acceptors (Lipinski definition) is 4. The Morgan fingerprint density at radius 1 is 1.31 bits per heavy atom. The Hall–Kier alpha value is -0.580. The van der Waals surface area contributed by atoms with E-state index in [2.05, 4.69) is 15.4 Å². The van der Waals surface area contributed by atoms with Crippen LogP contribution >= 0.6 is 12.4 Å². The average molecular weight is 246 g/mol. The lowest BCUT2D eigenvalue weighted by Gasteiger charge is -2.26. The molecule has 1 aliphatic rings. The van der Waals surface area contributed by atoms with Crippen molar-refractivity contribution in [2.24, 2.45) is 0 Å². The molecule has 1 aromatic rings. The third-order valence-electron chi connectivity index (χ3n) is 3.07. The number of halogens is 1. The minimum atomic E-state index is 0. The Balaban J connectivity index is 0.00000128. The molecule has 0 unspecified atom stereocenters. The van der Waals surface area contributed by atoms with E-state index in [0.717, 1.165) is 50.6 Å². The molecule has 4 nitrogen and oxygen atoms in total. The molecule has 0 aromatic carbocycles. The third kappa shape index (κ3) is 3.20. The number of hydrogen-bond donors (Lipinski definition) is 1. The fourth-order valence-corrected chi connectivity index (χ4v) is 2.06. The van der Waals surface area contributed by atoms with E-state index in [-0.39, 0.29) is 12.4 Å². The van der Waals surface area contributed by atoms with E-state index in [1.807, 2.05) is 13.8 Å². The van der Waals surface area contributed by atoms with Gasteiger partial charge in [-0.05, 0) is 20.3 Å². The van der Waals surface area contributed by atoms with Crippen LogP contribution in [0.2, 0.25) is 0 Å². The Labute approximate surface area is 103 Å². The van der Waals surface area contributed by atoms with Gasteiger partial charge >= 0.3 is 0 Å². The van der Waals surface area contributed by atoms with Gasteiger partial charge in [0.15, 0.2) is 0 Å². The zero-order chi connectivity index (χ0) is 10.7. The molecular formula is C11H20ClN3O. The molecule has 0 radical (unpaired) electrons. The van der Waals surface area contributed by atoms with Crippen molar-refractivity contribution in [1.82, 2.24) is 15.4 Å². The van der Waals surface area contributed by atoms with Crippen molar-refractivity contribution < 1.29 is 4.52 Å². The highest BCUT2D eigenvalue weighted by atomic mass is 35.5. The Bertz CT molecular complexity index is 302. The van der Waals surface area contributed by atoms with Gasteiger partial charge in [0.05, 0.1) is 5.69 Å².